The first-order valence-corrected chi connectivity index (χ1v) is 37.0. The van der Waals surface area contributed by atoms with Crippen LogP contribution in [0.5, 0.6) is 0 Å². The van der Waals surface area contributed by atoms with Crippen molar-refractivity contribution in [3.63, 3.8) is 0 Å². The lowest BCUT2D eigenvalue weighted by Gasteiger charge is -2.31. The number of thioether (sulfide) groups is 4. The van der Waals surface area contributed by atoms with E-state index in [1.807, 2.05) is 44.9 Å². The molecule has 8 rings (SSSR count). The number of nitrogens with one attached hydrogen (secondary N) is 3. The van der Waals surface area contributed by atoms with Crippen LogP contribution in [0.2, 0.25) is 25.8 Å². The second-order valence-electron chi connectivity index (χ2n) is 21.7. The van der Waals surface area contributed by atoms with E-state index >= 15 is 0 Å². The molecule has 19 nitrogen and oxygen atoms in total. The maximum absolute atomic E-state index is 14.4. The van der Waals surface area contributed by atoms with Gasteiger partial charge in [0, 0.05) is 30.2 Å². The lowest BCUT2D eigenvalue weighted by Crippen LogP contribution is -2.48. The minimum absolute atomic E-state index is 0.0142. The number of anilines is 3. The van der Waals surface area contributed by atoms with E-state index in [4.69, 9.17) is 90.5 Å². The maximum Gasteiger partial charge on any atom is 0.261 e. The van der Waals surface area contributed by atoms with Gasteiger partial charge in [-0.25, -0.2) is 37.5 Å². The van der Waals surface area contributed by atoms with E-state index in [1.54, 1.807) is 121 Å². The number of imide groups is 2. The Balaban J connectivity index is 0.000000265. The Kier molecular flexibility index (Phi) is 34.8. The van der Waals surface area contributed by atoms with Gasteiger partial charge in [0.1, 0.15) is 44.9 Å². The number of pyridine rings is 4. The topological polar surface area (TPSA) is 310 Å². The molecule has 6 aromatic rings. The summed E-state index contributed by atoms with van der Waals surface area (Å²) in [6.45, 7) is 9.57. The zero-order valence-electron chi connectivity index (χ0n) is 54.0. The van der Waals surface area contributed by atoms with Gasteiger partial charge in [0.2, 0.25) is 0 Å². The molecule has 0 unspecified atom stereocenters. The monoisotopic (exact) mass is 1500 g/mol. The van der Waals surface area contributed by atoms with Gasteiger partial charge in [-0.3, -0.25) is 29.0 Å². The molecule has 4 aromatic heterocycles. The molecule has 6 heterocycles. The average molecular weight is 1510 g/mol. The van der Waals surface area contributed by atoms with E-state index in [0.717, 1.165) is 66.5 Å². The highest BCUT2D eigenvalue weighted by Crippen LogP contribution is 2.31. The first-order chi connectivity index (χ1) is 46.1. The van der Waals surface area contributed by atoms with Gasteiger partial charge in [0.05, 0.1) is 56.6 Å². The summed E-state index contributed by atoms with van der Waals surface area (Å²) in [6, 6.07) is 23.1. The summed E-state index contributed by atoms with van der Waals surface area (Å²) in [5.74, 6) is 0.0926. The summed E-state index contributed by atoms with van der Waals surface area (Å²) in [7, 11) is 0. The number of nitrogens with two attached hydrogens (primary N) is 2. The maximum atomic E-state index is 14.4. The summed E-state index contributed by atoms with van der Waals surface area (Å²) < 4.78 is 54.6. The number of hydrogen-bond donors (Lipinski definition) is 5. The molecular formula is C65H70Cl5F4N15O4S4. The van der Waals surface area contributed by atoms with Crippen LogP contribution in [-0.2, 0) is 0 Å². The largest absolute Gasteiger partial charge is 0.365 e. The quantitative estimate of drug-likeness (QED) is 0.0214. The fraction of sp³-hybridized carbons (Fsp3) is 0.385. The van der Waals surface area contributed by atoms with Crippen LogP contribution in [0.15, 0.2) is 72.8 Å². The van der Waals surface area contributed by atoms with Gasteiger partial charge >= 0.3 is 0 Å². The number of nitrogens with zero attached hydrogens (tertiary/aromatic N) is 10. The Bertz CT molecular complexity index is 3760. The summed E-state index contributed by atoms with van der Waals surface area (Å²) in [4.78, 5) is 67.8. The van der Waals surface area contributed by atoms with Gasteiger partial charge in [0.25, 0.3) is 23.6 Å². The third kappa shape index (κ3) is 23.1. The van der Waals surface area contributed by atoms with Crippen LogP contribution in [0.1, 0.15) is 124 Å². The SMILES string of the molecule is CSCC[C@@H](N)[C@H](C)N1C(=O)c2ccccc2C1=O.CSCC[C@@H](Nc1nc(Cl)c(C#N)cc1F)C(C)C.CSCC[C@@H](Nc1nc(Cl)c(C#N)cc1F)[C@H](C)N.CSCC[C@@H](Nc1nc(Cl)c(C#N)cc1F)[C@H](C)N1C(=O)c2ccccc2C1=O.N#Cc1cc(F)c(Cl)nc1Cl. The second kappa shape index (κ2) is 40.9. The third-order valence-corrected chi connectivity index (χ3v) is 18.8. The van der Waals surface area contributed by atoms with Crippen molar-refractivity contribution in [1.29, 1.82) is 21.0 Å². The highest BCUT2D eigenvalue weighted by atomic mass is 35.5. The molecular weight excluding hydrogens is 1440 g/mol. The van der Waals surface area contributed by atoms with Crippen LogP contribution in [0.25, 0.3) is 0 Å². The number of halogens is 9. The Morgan fingerprint density at radius 3 is 1.06 bits per heavy atom. The molecule has 0 radical (unpaired) electrons. The Hall–Kier alpha value is -6.83. The summed E-state index contributed by atoms with van der Waals surface area (Å²) >= 11 is 35.0. The van der Waals surface area contributed by atoms with Crippen molar-refractivity contribution in [1.82, 2.24) is 29.7 Å². The van der Waals surface area contributed by atoms with E-state index < -0.39 is 35.4 Å². The van der Waals surface area contributed by atoms with E-state index in [1.165, 1.54) is 9.80 Å². The molecule has 0 saturated carbocycles. The number of aromatic nitrogens is 4. The van der Waals surface area contributed by atoms with E-state index in [0.29, 0.717) is 34.6 Å². The van der Waals surface area contributed by atoms with Gasteiger partial charge in [-0.15, -0.1) is 0 Å². The van der Waals surface area contributed by atoms with Crippen LogP contribution in [0, 0.1) is 74.5 Å². The molecule has 32 heteroatoms. The van der Waals surface area contributed by atoms with E-state index in [2.05, 4.69) is 49.7 Å². The fourth-order valence-corrected chi connectivity index (χ4v) is 12.1. The van der Waals surface area contributed by atoms with Gasteiger partial charge in [-0.1, -0.05) is 96.1 Å². The number of fused-ring (bicyclic) bond motifs is 2. The normalized spacial score (nSPS) is 14.1. The first-order valence-electron chi connectivity index (χ1n) is 29.5. The molecule has 7 atom stereocenters. The number of rotatable bonds is 24. The molecule has 0 spiro atoms. The standard InChI is InChI=1S/C20H18ClFN4O2S.C14H18N2O2S.C13H17ClFN3S.C12H16ClFN4S.C6HCl2FN2/c1-11(26-19(27)13-5-3-4-6-14(13)20(26)28)16(7-8-29-2)24-18-15(22)9-12(10-23)17(21)25-18;1-9(12(15)7-8-19-2)16-13(17)10-5-3-4-6-11(10)14(16)18;1-8(2)11(4-5-19-3)17-13-10(15)6-9(7-16)12(14)18-13;1-7(16)10(3-4-19-2)17-12-9(14)5-8(6-15)11(13)18-12;7-5-3(2-10)1-4(9)6(8)11-5/h3-6,9,11,16H,7-8H2,1-2H3,(H,24,25);3-6,9,12H,7-8,15H2,1-2H3;6,8,11H,4-5H2,1-3H3,(H,17,18);5,7,10H,3-4,16H2,1-2H3,(H,17,18);1H/t11-,16+;9-,12+;11-;7-,10+;/m0010./s1. The van der Waals surface area contributed by atoms with Crippen molar-refractivity contribution < 1.29 is 36.7 Å². The Morgan fingerprint density at radius 1 is 0.443 bits per heavy atom. The lowest BCUT2D eigenvalue weighted by molar-refractivity contribution is 0.0562. The highest BCUT2D eigenvalue weighted by Gasteiger charge is 2.42. The van der Waals surface area contributed by atoms with Gasteiger partial charge < -0.3 is 27.4 Å². The minimum atomic E-state index is -0.743. The van der Waals surface area contributed by atoms with Crippen LogP contribution in [0.4, 0.5) is 35.0 Å². The summed E-state index contributed by atoms with van der Waals surface area (Å²) in [6.07, 6.45) is 11.0. The van der Waals surface area contributed by atoms with Crippen LogP contribution in [0.3, 0.4) is 0 Å². The fourth-order valence-electron chi connectivity index (χ4n) is 9.22. The van der Waals surface area contributed by atoms with Crippen LogP contribution in [-0.4, -0.2) is 144 Å². The number of amides is 4. The van der Waals surface area contributed by atoms with Crippen LogP contribution < -0.4 is 27.4 Å². The number of hydrogen-bond acceptors (Lipinski definition) is 21. The molecule has 0 fully saturated rings. The predicted molar refractivity (Wildman–Crippen MR) is 384 cm³/mol. The lowest BCUT2D eigenvalue weighted by atomic mass is 10.0. The number of benzene rings is 2. The van der Waals surface area contributed by atoms with Crippen molar-refractivity contribution in [3.05, 3.63) is 166 Å². The second-order valence-corrected chi connectivity index (χ2v) is 27.4. The number of carbonyl (C=O) groups excluding carboxylic acids is 4. The minimum Gasteiger partial charge on any atom is -0.365 e. The molecule has 516 valence electrons. The van der Waals surface area contributed by atoms with E-state index in [9.17, 15) is 36.7 Å². The summed E-state index contributed by atoms with van der Waals surface area (Å²) in [5.41, 5.74) is 13.6. The molecule has 2 aliphatic rings. The van der Waals surface area contributed by atoms with Crippen molar-refractivity contribution in [2.75, 3.05) is 64.0 Å². The highest BCUT2D eigenvalue weighted by molar-refractivity contribution is 7.99. The Labute approximate surface area is 603 Å². The molecule has 0 saturated heterocycles. The van der Waals surface area contributed by atoms with Crippen molar-refractivity contribution in [2.24, 2.45) is 17.4 Å². The molecule has 2 aromatic carbocycles. The zero-order chi connectivity index (χ0) is 72.4. The molecule has 7 N–H and O–H groups in total. The molecule has 2 aliphatic heterocycles. The molecule has 4 amide bonds. The van der Waals surface area contributed by atoms with Crippen molar-refractivity contribution in [2.45, 2.75) is 103 Å². The first kappa shape index (κ1) is 82.6. The molecule has 97 heavy (non-hydrogen) atoms. The Morgan fingerprint density at radius 2 is 0.732 bits per heavy atom. The number of nitriles is 4. The predicted octanol–water partition coefficient (Wildman–Crippen LogP) is 14.7. The number of carbonyl (C=O) groups is 4. The molecule has 0 bridgehead atoms. The molecule has 0 aliphatic carbocycles. The van der Waals surface area contributed by atoms with Gasteiger partial charge in [-0.05, 0) is 149 Å². The van der Waals surface area contributed by atoms with Crippen molar-refractivity contribution in [3.8, 4) is 24.3 Å². The van der Waals surface area contributed by atoms with Crippen molar-refractivity contribution >= 4 is 146 Å². The summed E-state index contributed by atoms with van der Waals surface area (Å²) in [5, 5.41) is 43.3. The smallest absolute Gasteiger partial charge is 0.261 e. The van der Waals surface area contributed by atoms with Gasteiger partial charge in [0.15, 0.2) is 45.9 Å². The van der Waals surface area contributed by atoms with Gasteiger partial charge in [-0.2, -0.15) is 68.1 Å². The zero-order valence-corrected chi connectivity index (χ0v) is 61.0. The average Bonchev–Trinajstić information content (AvgIpc) is 1.66. The van der Waals surface area contributed by atoms with Crippen LogP contribution >= 0.6 is 105 Å². The third-order valence-electron chi connectivity index (χ3n) is 14.8. The van der Waals surface area contributed by atoms with E-state index in [-0.39, 0.29) is 119 Å².